The van der Waals surface area contributed by atoms with E-state index in [1.54, 1.807) is 24.3 Å². The third-order valence-corrected chi connectivity index (χ3v) is 4.95. The zero-order chi connectivity index (χ0) is 17.3. The van der Waals surface area contributed by atoms with Crippen LogP contribution in [0.3, 0.4) is 0 Å². The number of ether oxygens (including phenoxy) is 1. The Labute approximate surface area is 144 Å². The zero-order valence-corrected chi connectivity index (χ0v) is 13.6. The van der Waals surface area contributed by atoms with Crippen molar-refractivity contribution < 1.29 is 23.1 Å². The average molecular weight is 367 g/mol. The molecule has 24 heavy (non-hydrogen) atoms. The standard InChI is InChI=1S/C17H9ClF2O3S/c18-15-9-4-1-2-7-13(9)24-16(15)17(22)23-8-12(21)14-10(19)5-3-6-11(14)20/h1-7H,8H2. The number of benzene rings is 2. The van der Waals surface area contributed by atoms with Gasteiger partial charge in [-0.05, 0) is 18.2 Å². The Morgan fingerprint density at radius 1 is 1.04 bits per heavy atom. The second-order valence-electron chi connectivity index (χ2n) is 4.84. The summed E-state index contributed by atoms with van der Waals surface area (Å²) in [7, 11) is 0. The molecule has 3 rings (SSSR count). The lowest BCUT2D eigenvalue weighted by Gasteiger charge is -2.05. The van der Waals surface area contributed by atoms with E-state index in [9.17, 15) is 18.4 Å². The molecule has 0 spiro atoms. The van der Waals surface area contributed by atoms with Gasteiger partial charge < -0.3 is 4.74 Å². The molecule has 0 bridgehead atoms. The molecule has 0 fully saturated rings. The summed E-state index contributed by atoms with van der Waals surface area (Å²) in [6, 6.07) is 10.2. The summed E-state index contributed by atoms with van der Waals surface area (Å²) in [6.07, 6.45) is 0. The number of rotatable bonds is 4. The smallest absolute Gasteiger partial charge is 0.350 e. The van der Waals surface area contributed by atoms with Crippen molar-refractivity contribution in [3.05, 3.63) is 69.6 Å². The molecule has 0 unspecified atom stereocenters. The Bertz CT molecular complexity index is 932. The van der Waals surface area contributed by atoms with E-state index in [4.69, 9.17) is 16.3 Å². The van der Waals surface area contributed by atoms with E-state index in [1.165, 1.54) is 0 Å². The predicted molar refractivity (Wildman–Crippen MR) is 87.8 cm³/mol. The van der Waals surface area contributed by atoms with Crippen molar-refractivity contribution in [1.29, 1.82) is 0 Å². The van der Waals surface area contributed by atoms with Gasteiger partial charge >= 0.3 is 5.97 Å². The maximum absolute atomic E-state index is 13.5. The van der Waals surface area contributed by atoms with E-state index in [-0.39, 0.29) is 9.90 Å². The van der Waals surface area contributed by atoms with Crippen molar-refractivity contribution in [2.24, 2.45) is 0 Å². The number of carbonyl (C=O) groups excluding carboxylic acids is 2. The van der Waals surface area contributed by atoms with Gasteiger partial charge in [-0.3, -0.25) is 4.79 Å². The molecule has 0 aliphatic rings. The molecule has 0 saturated heterocycles. The van der Waals surface area contributed by atoms with Gasteiger partial charge in [0.2, 0.25) is 5.78 Å². The van der Waals surface area contributed by atoms with Crippen LogP contribution >= 0.6 is 22.9 Å². The largest absolute Gasteiger partial charge is 0.453 e. The number of thiophene rings is 1. The second kappa shape index (κ2) is 6.67. The van der Waals surface area contributed by atoms with Crippen LogP contribution in [-0.4, -0.2) is 18.4 Å². The predicted octanol–water partition coefficient (Wildman–Crippen LogP) is 4.87. The molecular formula is C17H9ClF2O3S. The van der Waals surface area contributed by atoms with Crippen molar-refractivity contribution in [3.63, 3.8) is 0 Å². The number of hydrogen-bond donors (Lipinski definition) is 0. The number of halogens is 3. The molecule has 0 aliphatic heterocycles. The van der Waals surface area contributed by atoms with Crippen LogP contribution in [-0.2, 0) is 4.74 Å². The number of esters is 1. The normalized spacial score (nSPS) is 10.8. The summed E-state index contributed by atoms with van der Waals surface area (Å²) in [6.45, 7) is -0.777. The summed E-state index contributed by atoms with van der Waals surface area (Å²) in [5, 5.41) is 0.924. The van der Waals surface area contributed by atoms with Gasteiger partial charge in [0.15, 0.2) is 6.61 Å². The number of ketones is 1. The minimum absolute atomic E-state index is 0.139. The molecule has 0 radical (unpaired) electrons. The summed E-state index contributed by atoms with van der Waals surface area (Å²) in [4.78, 5) is 24.1. The topological polar surface area (TPSA) is 43.4 Å². The van der Waals surface area contributed by atoms with E-state index >= 15 is 0 Å². The molecule has 0 saturated carbocycles. The highest BCUT2D eigenvalue weighted by atomic mass is 35.5. The molecule has 3 aromatic rings. The molecular weight excluding hydrogens is 358 g/mol. The fourth-order valence-corrected chi connectivity index (χ4v) is 3.58. The summed E-state index contributed by atoms with van der Waals surface area (Å²) in [5.74, 6) is -3.78. The maximum atomic E-state index is 13.5. The van der Waals surface area contributed by atoms with E-state index in [0.29, 0.717) is 5.39 Å². The number of carbonyl (C=O) groups is 2. The monoisotopic (exact) mass is 366 g/mol. The first kappa shape index (κ1) is 16.5. The van der Waals surface area contributed by atoms with Crippen LogP contribution in [0.15, 0.2) is 42.5 Å². The number of Topliss-reactive ketones (excluding diaryl/α,β-unsaturated/α-hetero) is 1. The van der Waals surface area contributed by atoms with E-state index in [2.05, 4.69) is 0 Å². The molecule has 3 nitrogen and oxygen atoms in total. The van der Waals surface area contributed by atoms with Crippen molar-refractivity contribution in [2.45, 2.75) is 0 Å². The highest BCUT2D eigenvalue weighted by Crippen LogP contribution is 2.35. The van der Waals surface area contributed by atoms with Gasteiger partial charge in [-0.1, -0.05) is 35.9 Å². The minimum atomic E-state index is -1.00. The van der Waals surface area contributed by atoms with Gasteiger partial charge in [-0.25, -0.2) is 13.6 Å². The molecule has 0 amide bonds. The van der Waals surface area contributed by atoms with Crippen LogP contribution in [0.4, 0.5) is 8.78 Å². The Kier molecular flexibility index (Phi) is 4.59. The fourth-order valence-electron chi connectivity index (χ4n) is 2.18. The number of fused-ring (bicyclic) bond motifs is 1. The van der Waals surface area contributed by atoms with Gasteiger partial charge in [0.05, 0.1) is 10.6 Å². The summed E-state index contributed by atoms with van der Waals surface area (Å²) >= 11 is 7.26. The van der Waals surface area contributed by atoms with Crippen LogP contribution in [0.2, 0.25) is 5.02 Å². The van der Waals surface area contributed by atoms with E-state index in [1.807, 2.05) is 0 Å². The van der Waals surface area contributed by atoms with E-state index < -0.39 is 35.6 Å². The first-order valence-electron chi connectivity index (χ1n) is 6.80. The molecule has 1 aromatic heterocycles. The lowest BCUT2D eigenvalue weighted by molar-refractivity contribution is 0.0477. The van der Waals surface area contributed by atoms with Gasteiger partial charge in [0.25, 0.3) is 0 Å². The maximum Gasteiger partial charge on any atom is 0.350 e. The summed E-state index contributed by atoms with van der Waals surface area (Å²) < 4.78 is 32.7. The molecule has 122 valence electrons. The second-order valence-corrected chi connectivity index (χ2v) is 6.27. The molecule has 0 atom stereocenters. The Hall–Kier alpha value is -2.31. The zero-order valence-electron chi connectivity index (χ0n) is 12.0. The van der Waals surface area contributed by atoms with Crippen molar-refractivity contribution in [3.8, 4) is 0 Å². The van der Waals surface area contributed by atoms with Crippen LogP contribution in [0.25, 0.3) is 10.1 Å². The first-order valence-corrected chi connectivity index (χ1v) is 8.00. The first-order chi connectivity index (χ1) is 11.5. The molecule has 1 heterocycles. The fraction of sp³-hybridized carbons (Fsp3) is 0.0588. The SMILES string of the molecule is O=C(OCC(=O)c1c(F)cccc1F)c1sc2ccccc2c1Cl. The van der Waals surface area contributed by atoms with Crippen LogP contribution in [0.5, 0.6) is 0 Å². The van der Waals surface area contributed by atoms with Crippen molar-refractivity contribution >= 4 is 44.8 Å². The Morgan fingerprint density at radius 2 is 1.71 bits per heavy atom. The lowest BCUT2D eigenvalue weighted by Crippen LogP contribution is -2.16. The van der Waals surface area contributed by atoms with Crippen LogP contribution in [0.1, 0.15) is 20.0 Å². The number of hydrogen-bond acceptors (Lipinski definition) is 4. The average Bonchev–Trinajstić information content (AvgIpc) is 2.90. The van der Waals surface area contributed by atoms with Gasteiger partial charge in [-0.15, -0.1) is 11.3 Å². The minimum Gasteiger partial charge on any atom is -0.453 e. The molecule has 2 aromatic carbocycles. The van der Waals surface area contributed by atoms with Gasteiger partial charge in [0, 0.05) is 10.1 Å². The quantitative estimate of drug-likeness (QED) is 0.488. The van der Waals surface area contributed by atoms with Crippen LogP contribution in [0, 0.1) is 11.6 Å². The Morgan fingerprint density at radius 3 is 2.38 bits per heavy atom. The van der Waals surface area contributed by atoms with Crippen LogP contribution < -0.4 is 0 Å². The molecule has 0 aliphatic carbocycles. The third kappa shape index (κ3) is 3.02. The van der Waals surface area contributed by atoms with Gasteiger partial charge in [0.1, 0.15) is 16.5 Å². The van der Waals surface area contributed by atoms with Crippen molar-refractivity contribution in [2.75, 3.05) is 6.61 Å². The van der Waals surface area contributed by atoms with Gasteiger partial charge in [-0.2, -0.15) is 0 Å². The molecule has 0 N–H and O–H groups in total. The summed E-state index contributed by atoms with van der Waals surface area (Å²) in [5.41, 5.74) is -0.729. The molecule has 7 heteroatoms. The highest BCUT2D eigenvalue weighted by Gasteiger charge is 2.22. The lowest BCUT2D eigenvalue weighted by atomic mass is 10.1. The van der Waals surface area contributed by atoms with Crippen molar-refractivity contribution in [1.82, 2.24) is 0 Å². The Balaban J connectivity index is 1.78. The highest BCUT2D eigenvalue weighted by molar-refractivity contribution is 7.21. The van der Waals surface area contributed by atoms with E-state index in [0.717, 1.165) is 34.2 Å². The third-order valence-electron chi connectivity index (χ3n) is 3.30.